The SMILES string of the molecule is CCOc1ccc(-c2ncnc(Cl)c2CC)cc1OCC. The largest absolute Gasteiger partial charge is 0.490 e. The molecule has 0 unspecified atom stereocenters. The van der Waals surface area contributed by atoms with Crippen LogP contribution in [0.3, 0.4) is 0 Å². The van der Waals surface area contributed by atoms with Crippen molar-refractivity contribution >= 4 is 11.6 Å². The molecule has 1 aromatic carbocycles. The average molecular weight is 307 g/mol. The predicted molar refractivity (Wildman–Crippen MR) is 84.2 cm³/mol. The zero-order valence-corrected chi connectivity index (χ0v) is 13.3. The number of halogens is 1. The lowest BCUT2D eigenvalue weighted by Crippen LogP contribution is -2.00. The first-order chi connectivity index (χ1) is 10.2. The van der Waals surface area contributed by atoms with Gasteiger partial charge in [-0.25, -0.2) is 9.97 Å². The van der Waals surface area contributed by atoms with Gasteiger partial charge in [-0.3, -0.25) is 0 Å². The molecule has 0 aliphatic heterocycles. The summed E-state index contributed by atoms with van der Waals surface area (Å²) in [4.78, 5) is 8.41. The van der Waals surface area contributed by atoms with Crippen LogP contribution in [0, 0.1) is 0 Å². The van der Waals surface area contributed by atoms with Crippen molar-refractivity contribution in [2.75, 3.05) is 13.2 Å². The van der Waals surface area contributed by atoms with Crippen molar-refractivity contribution < 1.29 is 9.47 Å². The summed E-state index contributed by atoms with van der Waals surface area (Å²) in [6.07, 6.45) is 2.25. The number of hydrogen-bond acceptors (Lipinski definition) is 4. The van der Waals surface area contributed by atoms with Crippen molar-refractivity contribution in [1.82, 2.24) is 9.97 Å². The summed E-state index contributed by atoms with van der Waals surface area (Å²) in [6, 6.07) is 5.80. The number of rotatable bonds is 6. The van der Waals surface area contributed by atoms with Crippen LogP contribution in [-0.4, -0.2) is 23.2 Å². The first kappa shape index (κ1) is 15.6. The fourth-order valence-electron chi connectivity index (χ4n) is 2.15. The Hall–Kier alpha value is -1.81. The minimum absolute atomic E-state index is 0.495. The molecule has 0 bridgehead atoms. The molecule has 0 N–H and O–H groups in total. The molecule has 0 saturated carbocycles. The quantitative estimate of drug-likeness (QED) is 0.752. The van der Waals surface area contributed by atoms with Gasteiger partial charge in [0.15, 0.2) is 11.5 Å². The Morgan fingerprint density at radius 2 is 1.71 bits per heavy atom. The molecule has 0 spiro atoms. The van der Waals surface area contributed by atoms with E-state index in [-0.39, 0.29) is 0 Å². The Kier molecular flexibility index (Phi) is 5.39. The van der Waals surface area contributed by atoms with E-state index in [2.05, 4.69) is 9.97 Å². The molecule has 21 heavy (non-hydrogen) atoms. The van der Waals surface area contributed by atoms with Crippen molar-refractivity contribution in [2.45, 2.75) is 27.2 Å². The lowest BCUT2D eigenvalue weighted by atomic mass is 10.0. The van der Waals surface area contributed by atoms with Gasteiger partial charge >= 0.3 is 0 Å². The highest BCUT2D eigenvalue weighted by atomic mass is 35.5. The van der Waals surface area contributed by atoms with E-state index >= 15 is 0 Å². The van der Waals surface area contributed by atoms with E-state index in [0.717, 1.165) is 29.0 Å². The third kappa shape index (κ3) is 3.45. The lowest BCUT2D eigenvalue weighted by molar-refractivity contribution is 0.288. The highest BCUT2D eigenvalue weighted by Crippen LogP contribution is 2.34. The third-order valence-electron chi connectivity index (χ3n) is 3.06. The van der Waals surface area contributed by atoms with Crippen molar-refractivity contribution in [3.8, 4) is 22.8 Å². The minimum Gasteiger partial charge on any atom is -0.490 e. The van der Waals surface area contributed by atoms with Crippen LogP contribution in [-0.2, 0) is 6.42 Å². The van der Waals surface area contributed by atoms with Crippen LogP contribution in [0.25, 0.3) is 11.3 Å². The molecule has 1 heterocycles. The minimum atomic E-state index is 0.495. The number of nitrogens with zero attached hydrogens (tertiary/aromatic N) is 2. The fraction of sp³-hybridized carbons (Fsp3) is 0.375. The first-order valence-corrected chi connectivity index (χ1v) is 7.48. The van der Waals surface area contributed by atoms with Gasteiger partial charge in [-0.2, -0.15) is 0 Å². The number of hydrogen-bond donors (Lipinski definition) is 0. The molecule has 2 aromatic rings. The number of benzene rings is 1. The normalized spacial score (nSPS) is 10.5. The summed E-state index contributed by atoms with van der Waals surface area (Å²) in [7, 11) is 0. The van der Waals surface area contributed by atoms with Crippen LogP contribution in [0.5, 0.6) is 11.5 Å². The standard InChI is InChI=1S/C16H19ClN2O2/c1-4-12-15(18-10-19-16(12)17)11-7-8-13(20-5-2)14(9-11)21-6-3/h7-10H,4-6H2,1-3H3. The molecule has 112 valence electrons. The predicted octanol–water partition coefficient (Wildman–Crippen LogP) is 4.16. The average Bonchev–Trinajstić information content (AvgIpc) is 2.49. The molecule has 0 atom stereocenters. The van der Waals surface area contributed by atoms with E-state index in [1.54, 1.807) is 0 Å². The van der Waals surface area contributed by atoms with Gasteiger partial charge < -0.3 is 9.47 Å². The van der Waals surface area contributed by atoms with Crippen LogP contribution in [0.15, 0.2) is 24.5 Å². The van der Waals surface area contributed by atoms with Gasteiger partial charge in [-0.05, 0) is 38.5 Å². The Bertz CT molecular complexity index is 617. The smallest absolute Gasteiger partial charge is 0.161 e. The highest BCUT2D eigenvalue weighted by Gasteiger charge is 2.13. The maximum Gasteiger partial charge on any atom is 0.161 e. The van der Waals surface area contributed by atoms with Crippen LogP contribution >= 0.6 is 11.6 Å². The van der Waals surface area contributed by atoms with E-state index in [4.69, 9.17) is 21.1 Å². The molecule has 5 heteroatoms. The second-order valence-corrected chi connectivity index (χ2v) is 4.73. The molecule has 0 saturated heterocycles. The Morgan fingerprint density at radius 3 is 2.38 bits per heavy atom. The van der Waals surface area contributed by atoms with Crippen molar-refractivity contribution in [3.63, 3.8) is 0 Å². The summed E-state index contributed by atoms with van der Waals surface area (Å²) < 4.78 is 11.2. The van der Waals surface area contributed by atoms with Crippen LogP contribution < -0.4 is 9.47 Å². The van der Waals surface area contributed by atoms with Crippen LogP contribution in [0.4, 0.5) is 0 Å². The van der Waals surface area contributed by atoms with Crippen molar-refractivity contribution in [1.29, 1.82) is 0 Å². The van der Waals surface area contributed by atoms with E-state index < -0.39 is 0 Å². The van der Waals surface area contributed by atoms with Gasteiger partial charge in [0.1, 0.15) is 11.5 Å². The number of ether oxygens (including phenoxy) is 2. The maximum atomic E-state index is 6.15. The van der Waals surface area contributed by atoms with Gasteiger partial charge in [-0.15, -0.1) is 0 Å². The topological polar surface area (TPSA) is 44.2 Å². The van der Waals surface area contributed by atoms with Gasteiger partial charge in [0.25, 0.3) is 0 Å². The van der Waals surface area contributed by atoms with E-state index in [0.29, 0.717) is 24.1 Å². The van der Waals surface area contributed by atoms with E-state index in [9.17, 15) is 0 Å². The maximum absolute atomic E-state index is 6.15. The summed E-state index contributed by atoms with van der Waals surface area (Å²) in [5.41, 5.74) is 2.72. The molecule has 2 rings (SSSR count). The fourth-order valence-corrected chi connectivity index (χ4v) is 2.42. The summed E-state index contributed by atoms with van der Waals surface area (Å²) in [5.74, 6) is 1.45. The van der Waals surface area contributed by atoms with Gasteiger partial charge in [0.05, 0.1) is 18.9 Å². The van der Waals surface area contributed by atoms with Gasteiger partial charge in [0.2, 0.25) is 0 Å². The molecule has 0 radical (unpaired) electrons. The van der Waals surface area contributed by atoms with Crippen molar-refractivity contribution in [2.24, 2.45) is 0 Å². The molecule has 1 aromatic heterocycles. The second-order valence-electron chi connectivity index (χ2n) is 4.37. The zero-order valence-electron chi connectivity index (χ0n) is 12.5. The summed E-state index contributed by atoms with van der Waals surface area (Å²) in [5, 5.41) is 0.495. The Labute approximate surface area is 130 Å². The third-order valence-corrected chi connectivity index (χ3v) is 3.39. The molecule has 4 nitrogen and oxygen atoms in total. The second kappa shape index (κ2) is 7.27. The van der Waals surface area contributed by atoms with Gasteiger partial charge in [0, 0.05) is 11.1 Å². The molecule has 0 aliphatic rings. The lowest BCUT2D eigenvalue weighted by Gasteiger charge is -2.13. The molecule has 0 amide bonds. The summed E-state index contributed by atoms with van der Waals surface area (Å²) >= 11 is 6.15. The summed E-state index contributed by atoms with van der Waals surface area (Å²) in [6.45, 7) is 7.10. The zero-order chi connectivity index (χ0) is 15.2. The van der Waals surface area contributed by atoms with Crippen LogP contribution in [0.2, 0.25) is 5.15 Å². The number of aromatic nitrogens is 2. The molecular formula is C16H19ClN2O2. The Balaban J connectivity index is 2.50. The van der Waals surface area contributed by atoms with Crippen molar-refractivity contribution in [3.05, 3.63) is 35.2 Å². The Morgan fingerprint density at radius 1 is 1.00 bits per heavy atom. The molecular weight excluding hydrogens is 288 g/mol. The van der Waals surface area contributed by atoms with E-state index in [1.165, 1.54) is 6.33 Å². The highest BCUT2D eigenvalue weighted by molar-refractivity contribution is 6.30. The van der Waals surface area contributed by atoms with Gasteiger partial charge in [-0.1, -0.05) is 18.5 Å². The molecule has 0 fully saturated rings. The molecule has 0 aliphatic carbocycles. The van der Waals surface area contributed by atoms with Crippen LogP contribution in [0.1, 0.15) is 26.3 Å². The monoisotopic (exact) mass is 306 g/mol. The van der Waals surface area contributed by atoms with E-state index in [1.807, 2.05) is 39.0 Å². The first-order valence-electron chi connectivity index (χ1n) is 7.10.